The molecule has 0 aromatic carbocycles. The molecule has 7 heteroatoms. The van der Waals surface area contributed by atoms with Gasteiger partial charge in [-0.25, -0.2) is 0 Å². The van der Waals surface area contributed by atoms with Crippen molar-refractivity contribution in [1.82, 2.24) is 0 Å². The first-order chi connectivity index (χ1) is 5.95. The van der Waals surface area contributed by atoms with Crippen molar-refractivity contribution in [3.63, 3.8) is 0 Å². The fourth-order valence-electron chi connectivity index (χ4n) is 0.654. The van der Waals surface area contributed by atoms with Crippen LogP contribution in [0.15, 0.2) is 0 Å². The van der Waals surface area contributed by atoms with Crippen LogP contribution in [0.4, 0.5) is 0 Å². The van der Waals surface area contributed by atoms with Crippen molar-refractivity contribution < 1.29 is 22.5 Å². The van der Waals surface area contributed by atoms with E-state index in [9.17, 15) is 13.2 Å². The summed E-state index contributed by atoms with van der Waals surface area (Å²) in [6, 6.07) is 0. The standard InChI is InChI=1S/C7H14O5S.K/c1-2-3-4-7(8)12-5-6-13(9,10)11;/h2-6H2,1H3,(H,9,10,11);. The Morgan fingerprint density at radius 2 is 2.00 bits per heavy atom. The molecule has 5 nitrogen and oxygen atoms in total. The second-order valence-electron chi connectivity index (χ2n) is 2.61. The van der Waals surface area contributed by atoms with Crippen LogP contribution in [0.25, 0.3) is 0 Å². The Morgan fingerprint density at radius 1 is 1.43 bits per heavy atom. The van der Waals surface area contributed by atoms with Gasteiger partial charge in [-0.15, -0.1) is 0 Å². The van der Waals surface area contributed by atoms with Crippen molar-refractivity contribution in [2.24, 2.45) is 0 Å². The molecule has 0 fully saturated rings. The molecule has 0 aromatic rings. The summed E-state index contributed by atoms with van der Waals surface area (Å²) in [5.41, 5.74) is 0. The van der Waals surface area contributed by atoms with E-state index in [-0.39, 0.29) is 58.0 Å². The van der Waals surface area contributed by atoms with Crippen LogP contribution in [-0.4, -0.2) is 82.7 Å². The van der Waals surface area contributed by atoms with E-state index < -0.39 is 21.8 Å². The smallest absolute Gasteiger partial charge is 0.305 e. The molecule has 0 aliphatic rings. The van der Waals surface area contributed by atoms with E-state index in [4.69, 9.17) is 4.55 Å². The Hall–Kier alpha value is 1.02. The van der Waals surface area contributed by atoms with Gasteiger partial charge in [-0.05, 0) is 6.42 Å². The summed E-state index contributed by atoms with van der Waals surface area (Å²) in [7, 11) is -4.02. The van der Waals surface area contributed by atoms with Crippen LogP contribution in [0.5, 0.6) is 0 Å². The maximum atomic E-state index is 10.8. The monoisotopic (exact) mass is 249 g/mol. The van der Waals surface area contributed by atoms with Gasteiger partial charge in [0.15, 0.2) is 0 Å². The summed E-state index contributed by atoms with van der Waals surface area (Å²) in [6.07, 6.45) is 1.90. The van der Waals surface area contributed by atoms with E-state index in [2.05, 4.69) is 4.74 Å². The van der Waals surface area contributed by atoms with Gasteiger partial charge in [0, 0.05) is 57.8 Å². The molecule has 0 atom stereocenters. The molecule has 0 aliphatic heterocycles. The molecule has 0 heterocycles. The maximum Gasteiger partial charge on any atom is 0.305 e. The number of hydrogen-bond acceptors (Lipinski definition) is 4. The van der Waals surface area contributed by atoms with E-state index in [1.165, 1.54) is 0 Å². The van der Waals surface area contributed by atoms with E-state index in [0.717, 1.165) is 12.8 Å². The minimum atomic E-state index is -4.02. The summed E-state index contributed by atoms with van der Waals surface area (Å²) in [4.78, 5) is 10.8. The molecule has 14 heavy (non-hydrogen) atoms. The zero-order valence-corrected chi connectivity index (χ0v) is 12.5. The third-order valence-electron chi connectivity index (χ3n) is 1.34. The van der Waals surface area contributed by atoms with Crippen LogP contribution in [0.3, 0.4) is 0 Å². The minimum Gasteiger partial charge on any atom is -0.464 e. The molecule has 1 radical (unpaired) electrons. The Balaban J connectivity index is 0. The predicted molar refractivity (Wildman–Crippen MR) is 52.7 cm³/mol. The van der Waals surface area contributed by atoms with E-state index in [1.54, 1.807) is 0 Å². The fraction of sp³-hybridized carbons (Fsp3) is 0.857. The Morgan fingerprint density at radius 3 is 2.43 bits per heavy atom. The van der Waals surface area contributed by atoms with Gasteiger partial charge in [0.2, 0.25) is 0 Å². The number of carbonyl (C=O) groups is 1. The summed E-state index contributed by atoms with van der Waals surface area (Å²) in [5, 5.41) is 0. The first-order valence-corrected chi connectivity index (χ1v) is 5.67. The van der Waals surface area contributed by atoms with Gasteiger partial charge >= 0.3 is 5.97 Å². The van der Waals surface area contributed by atoms with E-state index in [1.807, 2.05) is 6.92 Å². The Labute approximate surface area is 127 Å². The third kappa shape index (κ3) is 13.0. The molecule has 0 bridgehead atoms. The van der Waals surface area contributed by atoms with Gasteiger partial charge in [0.1, 0.15) is 12.4 Å². The van der Waals surface area contributed by atoms with E-state index >= 15 is 0 Å². The van der Waals surface area contributed by atoms with Crippen molar-refractivity contribution in [2.75, 3.05) is 12.4 Å². The van der Waals surface area contributed by atoms with Gasteiger partial charge in [-0.1, -0.05) is 13.3 Å². The van der Waals surface area contributed by atoms with Crippen LogP contribution in [0, 0.1) is 0 Å². The van der Waals surface area contributed by atoms with Crippen LogP contribution in [-0.2, 0) is 19.6 Å². The second kappa shape index (κ2) is 9.26. The third-order valence-corrected chi connectivity index (χ3v) is 2.02. The van der Waals surface area contributed by atoms with E-state index in [0.29, 0.717) is 6.42 Å². The molecular formula is C7H14KO5S. The SMILES string of the molecule is CCCCC(=O)OCCS(=O)(=O)O.[K]. The Bertz CT molecular complexity index is 249. The van der Waals surface area contributed by atoms with Crippen LogP contribution in [0.2, 0.25) is 0 Å². The topological polar surface area (TPSA) is 80.7 Å². The average molecular weight is 249 g/mol. The van der Waals surface area contributed by atoms with Crippen molar-refractivity contribution in [2.45, 2.75) is 26.2 Å². The van der Waals surface area contributed by atoms with Crippen LogP contribution in [0.1, 0.15) is 26.2 Å². The van der Waals surface area contributed by atoms with Crippen molar-refractivity contribution in [3.05, 3.63) is 0 Å². The minimum absolute atomic E-state index is 0. The molecule has 0 aliphatic carbocycles. The normalized spacial score (nSPS) is 10.4. The number of unbranched alkanes of at least 4 members (excludes halogenated alkanes) is 1. The summed E-state index contributed by atoms with van der Waals surface area (Å²) in [6.45, 7) is 1.66. The van der Waals surface area contributed by atoms with Crippen LogP contribution < -0.4 is 0 Å². The number of rotatable bonds is 6. The van der Waals surface area contributed by atoms with Crippen molar-refractivity contribution in [1.29, 1.82) is 0 Å². The second-order valence-corrected chi connectivity index (χ2v) is 4.18. The first kappa shape index (κ1) is 17.4. The quantitative estimate of drug-likeness (QED) is 0.414. The Kier molecular flexibility index (Phi) is 11.5. The molecule has 0 spiro atoms. The first-order valence-electron chi connectivity index (χ1n) is 4.06. The molecule has 0 saturated carbocycles. The summed E-state index contributed by atoms with van der Waals surface area (Å²) < 4.78 is 33.2. The van der Waals surface area contributed by atoms with Gasteiger partial charge in [0.25, 0.3) is 10.1 Å². The van der Waals surface area contributed by atoms with Gasteiger partial charge < -0.3 is 4.74 Å². The van der Waals surface area contributed by atoms with Crippen molar-refractivity contribution in [3.8, 4) is 0 Å². The number of carbonyl (C=O) groups excluding carboxylic acids is 1. The molecular weight excluding hydrogens is 235 g/mol. The molecule has 0 saturated heterocycles. The molecule has 0 amide bonds. The zero-order valence-electron chi connectivity index (χ0n) is 8.52. The fourth-order valence-corrected chi connectivity index (χ4v) is 0.948. The van der Waals surface area contributed by atoms with Crippen molar-refractivity contribution >= 4 is 67.5 Å². The molecule has 0 unspecified atom stereocenters. The summed E-state index contributed by atoms with van der Waals surface area (Å²) >= 11 is 0. The maximum absolute atomic E-state index is 10.8. The molecule has 1 N–H and O–H groups in total. The van der Waals surface area contributed by atoms with Gasteiger partial charge in [-0.2, -0.15) is 8.42 Å². The summed E-state index contributed by atoms with van der Waals surface area (Å²) in [5.74, 6) is -0.962. The number of ether oxygens (including phenoxy) is 1. The van der Waals surface area contributed by atoms with Crippen LogP contribution >= 0.6 is 0 Å². The molecule has 79 valence electrons. The predicted octanol–water partition coefficient (Wildman–Crippen LogP) is 0.227. The van der Waals surface area contributed by atoms with Gasteiger partial charge in [0.05, 0.1) is 0 Å². The molecule has 0 rings (SSSR count). The number of esters is 1. The largest absolute Gasteiger partial charge is 0.464 e. The molecule has 0 aromatic heterocycles. The average Bonchev–Trinajstić information content (AvgIpc) is 1.98. The van der Waals surface area contributed by atoms with Gasteiger partial charge in [-0.3, -0.25) is 9.35 Å². The number of hydrogen-bond donors (Lipinski definition) is 1. The zero-order chi connectivity index (χ0) is 10.3.